The zero-order chi connectivity index (χ0) is 19.4. The highest BCUT2D eigenvalue weighted by molar-refractivity contribution is 6.14. The second kappa shape index (κ2) is 7.64. The molecule has 2 amide bonds. The minimum Gasteiger partial charge on any atom is -0.497 e. The first-order chi connectivity index (χ1) is 13.1. The molecule has 3 rings (SSSR count). The molecule has 0 unspecified atom stereocenters. The molecular formula is C20H16N4O3. The number of aromatic nitrogens is 1. The van der Waals surface area contributed by atoms with E-state index in [1.54, 1.807) is 18.2 Å². The van der Waals surface area contributed by atoms with Gasteiger partial charge in [-0.15, -0.1) is 0 Å². The molecule has 7 heteroatoms. The van der Waals surface area contributed by atoms with Gasteiger partial charge in [0.15, 0.2) is 0 Å². The standard InChI is InChI=1S/C20H16N4O3/c1-27-13-7-8-14-15(9-13)18(12-5-3-2-4-6-12)16(10-21)23-19(14)20(26)24-17(25)11-22/h2-9H,11,22H2,1H3,(H,24,25,26). The second-order valence-corrected chi connectivity index (χ2v) is 5.65. The van der Waals surface area contributed by atoms with Crippen LogP contribution in [0.3, 0.4) is 0 Å². The van der Waals surface area contributed by atoms with E-state index in [0.29, 0.717) is 22.1 Å². The van der Waals surface area contributed by atoms with Crippen LogP contribution in [-0.4, -0.2) is 30.5 Å². The molecular weight excluding hydrogens is 344 g/mol. The molecule has 0 saturated carbocycles. The van der Waals surface area contributed by atoms with Gasteiger partial charge in [0.25, 0.3) is 5.91 Å². The molecule has 0 radical (unpaired) electrons. The van der Waals surface area contributed by atoms with Crippen molar-refractivity contribution in [2.24, 2.45) is 5.73 Å². The van der Waals surface area contributed by atoms with Crippen LogP contribution < -0.4 is 15.8 Å². The number of nitrogens with zero attached hydrogens (tertiary/aromatic N) is 2. The normalized spacial score (nSPS) is 10.3. The monoisotopic (exact) mass is 360 g/mol. The van der Waals surface area contributed by atoms with Gasteiger partial charge < -0.3 is 10.5 Å². The van der Waals surface area contributed by atoms with E-state index in [2.05, 4.69) is 10.3 Å². The molecule has 0 atom stereocenters. The number of ether oxygens (including phenoxy) is 1. The van der Waals surface area contributed by atoms with Crippen LogP contribution in [0.25, 0.3) is 21.9 Å². The Bertz CT molecular complexity index is 1070. The Morgan fingerprint density at radius 2 is 1.93 bits per heavy atom. The molecule has 0 aliphatic heterocycles. The number of amides is 2. The number of fused-ring (bicyclic) bond motifs is 1. The Balaban J connectivity index is 2.33. The van der Waals surface area contributed by atoms with Crippen LogP contribution in [0.15, 0.2) is 48.5 Å². The predicted octanol–water partition coefficient (Wildman–Crippen LogP) is 2.00. The van der Waals surface area contributed by atoms with Gasteiger partial charge in [0.05, 0.1) is 13.7 Å². The third kappa shape index (κ3) is 3.47. The lowest BCUT2D eigenvalue weighted by Crippen LogP contribution is -2.36. The minimum absolute atomic E-state index is 0.0225. The summed E-state index contributed by atoms with van der Waals surface area (Å²) in [5.41, 5.74) is 6.68. The van der Waals surface area contributed by atoms with Gasteiger partial charge in [-0.3, -0.25) is 14.9 Å². The molecule has 0 bridgehead atoms. The number of benzene rings is 2. The highest BCUT2D eigenvalue weighted by Crippen LogP contribution is 2.34. The molecule has 3 N–H and O–H groups in total. The van der Waals surface area contributed by atoms with E-state index >= 15 is 0 Å². The number of nitriles is 1. The van der Waals surface area contributed by atoms with E-state index in [4.69, 9.17) is 10.5 Å². The number of carbonyl (C=O) groups excluding carboxylic acids is 2. The Kier molecular flexibility index (Phi) is 5.11. The van der Waals surface area contributed by atoms with Crippen LogP contribution in [0.4, 0.5) is 0 Å². The third-order valence-corrected chi connectivity index (χ3v) is 4.03. The zero-order valence-corrected chi connectivity index (χ0v) is 14.5. The van der Waals surface area contributed by atoms with Gasteiger partial charge in [-0.05, 0) is 29.1 Å². The van der Waals surface area contributed by atoms with Gasteiger partial charge in [0.2, 0.25) is 5.91 Å². The lowest BCUT2D eigenvalue weighted by Gasteiger charge is -2.13. The Hall–Kier alpha value is -3.76. The fourth-order valence-corrected chi connectivity index (χ4v) is 2.81. The van der Waals surface area contributed by atoms with Crippen molar-refractivity contribution in [2.75, 3.05) is 13.7 Å². The number of nitrogens with one attached hydrogen (secondary N) is 1. The molecule has 1 heterocycles. The van der Waals surface area contributed by atoms with Crippen molar-refractivity contribution >= 4 is 22.6 Å². The zero-order valence-electron chi connectivity index (χ0n) is 14.5. The molecule has 3 aromatic rings. The molecule has 0 fully saturated rings. The van der Waals surface area contributed by atoms with Crippen LogP contribution >= 0.6 is 0 Å². The van der Waals surface area contributed by atoms with E-state index in [1.165, 1.54) is 7.11 Å². The summed E-state index contributed by atoms with van der Waals surface area (Å²) in [7, 11) is 1.53. The largest absolute Gasteiger partial charge is 0.497 e. The van der Waals surface area contributed by atoms with Crippen LogP contribution in [0.1, 0.15) is 16.2 Å². The summed E-state index contributed by atoms with van der Waals surface area (Å²) >= 11 is 0. The first-order valence-corrected chi connectivity index (χ1v) is 8.10. The average Bonchev–Trinajstić information content (AvgIpc) is 2.72. The maximum Gasteiger partial charge on any atom is 0.277 e. The molecule has 0 aliphatic rings. The van der Waals surface area contributed by atoms with Crippen LogP contribution in [0, 0.1) is 11.3 Å². The lowest BCUT2D eigenvalue weighted by molar-refractivity contribution is -0.118. The number of imide groups is 1. The Morgan fingerprint density at radius 1 is 1.19 bits per heavy atom. The van der Waals surface area contributed by atoms with Crippen molar-refractivity contribution in [3.8, 4) is 22.9 Å². The third-order valence-electron chi connectivity index (χ3n) is 4.03. The summed E-state index contributed by atoms with van der Waals surface area (Å²) in [6.45, 7) is -0.329. The number of rotatable bonds is 4. The van der Waals surface area contributed by atoms with Crippen molar-refractivity contribution in [2.45, 2.75) is 0 Å². The molecule has 1 aromatic heterocycles. The maximum absolute atomic E-state index is 12.5. The smallest absolute Gasteiger partial charge is 0.277 e. The number of nitrogens with two attached hydrogens (primary N) is 1. The van der Waals surface area contributed by atoms with Crippen molar-refractivity contribution < 1.29 is 14.3 Å². The van der Waals surface area contributed by atoms with E-state index in [-0.39, 0.29) is 17.9 Å². The highest BCUT2D eigenvalue weighted by atomic mass is 16.5. The summed E-state index contributed by atoms with van der Waals surface area (Å²) in [5.74, 6) is -0.773. The van der Waals surface area contributed by atoms with Crippen LogP contribution in [0.2, 0.25) is 0 Å². The first kappa shape index (κ1) is 18.0. The minimum atomic E-state index is -0.711. The number of hydrogen-bond donors (Lipinski definition) is 2. The highest BCUT2D eigenvalue weighted by Gasteiger charge is 2.21. The molecule has 0 aliphatic carbocycles. The van der Waals surface area contributed by atoms with Gasteiger partial charge in [-0.25, -0.2) is 4.98 Å². The van der Waals surface area contributed by atoms with Gasteiger partial charge in [-0.2, -0.15) is 5.26 Å². The molecule has 0 spiro atoms. The second-order valence-electron chi connectivity index (χ2n) is 5.65. The van der Waals surface area contributed by atoms with Crippen molar-refractivity contribution in [3.63, 3.8) is 0 Å². The van der Waals surface area contributed by atoms with E-state index in [9.17, 15) is 14.9 Å². The topological polar surface area (TPSA) is 118 Å². The summed E-state index contributed by atoms with van der Waals surface area (Å²) in [6, 6.07) is 16.4. The van der Waals surface area contributed by atoms with Gasteiger partial charge in [0, 0.05) is 10.9 Å². The average molecular weight is 360 g/mol. The van der Waals surface area contributed by atoms with Crippen molar-refractivity contribution in [1.82, 2.24) is 10.3 Å². The van der Waals surface area contributed by atoms with Gasteiger partial charge in [0.1, 0.15) is 23.2 Å². The quantitative estimate of drug-likeness (QED) is 0.735. The molecule has 134 valence electrons. The molecule has 0 saturated heterocycles. The predicted molar refractivity (Wildman–Crippen MR) is 100.0 cm³/mol. The fraction of sp³-hybridized carbons (Fsp3) is 0.100. The van der Waals surface area contributed by atoms with Crippen LogP contribution in [0.5, 0.6) is 5.75 Å². The molecule has 2 aromatic carbocycles. The first-order valence-electron chi connectivity index (χ1n) is 8.10. The number of carbonyl (C=O) groups is 2. The SMILES string of the molecule is COc1ccc2c(C(=O)NC(=O)CN)nc(C#N)c(-c3ccccc3)c2c1. The number of pyridine rings is 1. The lowest BCUT2D eigenvalue weighted by atomic mass is 9.95. The fourth-order valence-electron chi connectivity index (χ4n) is 2.81. The summed E-state index contributed by atoms with van der Waals surface area (Å²) in [6.07, 6.45) is 0. The maximum atomic E-state index is 12.5. The van der Waals surface area contributed by atoms with E-state index in [1.807, 2.05) is 36.4 Å². The number of methoxy groups -OCH3 is 1. The summed E-state index contributed by atoms with van der Waals surface area (Å²) in [4.78, 5) is 28.2. The van der Waals surface area contributed by atoms with Crippen molar-refractivity contribution in [3.05, 3.63) is 59.9 Å². The van der Waals surface area contributed by atoms with Crippen LogP contribution in [-0.2, 0) is 4.79 Å². The molecule has 27 heavy (non-hydrogen) atoms. The van der Waals surface area contributed by atoms with E-state index in [0.717, 1.165) is 5.56 Å². The Labute approximate surface area is 155 Å². The van der Waals surface area contributed by atoms with Gasteiger partial charge in [-0.1, -0.05) is 30.3 Å². The number of hydrogen-bond acceptors (Lipinski definition) is 6. The van der Waals surface area contributed by atoms with Gasteiger partial charge >= 0.3 is 0 Å². The summed E-state index contributed by atoms with van der Waals surface area (Å²) in [5, 5.41) is 12.9. The van der Waals surface area contributed by atoms with E-state index < -0.39 is 11.8 Å². The summed E-state index contributed by atoms with van der Waals surface area (Å²) < 4.78 is 5.29. The van der Waals surface area contributed by atoms with Crippen molar-refractivity contribution in [1.29, 1.82) is 5.26 Å². The molecule has 7 nitrogen and oxygen atoms in total. The Morgan fingerprint density at radius 3 is 2.56 bits per heavy atom.